The zero-order chi connectivity index (χ0) is 10.6. The van der Waals surface area contributed by atoms with Crippen molar-refractivity contribution in [3.8, 4) is 11.5 Å². The molecule has 0 saturated carbocycles. The molecule has 0 bridgehead atoms. The molecule has 0 saturated heterocycles. The fraction of sp³-hybridized carbons (Fsp3) is 0.300. The van der Waals surface area contributed by atoms with Crippen LogP contribution in [0.5, 0.6) is 11.5 Å². The van der Waals surface area contributed by atoms with E-state index in [1.165, 1.54) is 0 Å². The van der Waals surface area contributed by atoms with Crippen LogP contribution in [0.1, 0.15) is 5.56 Å². The van der Waals surface area contributed by atoms with E-state index in [1.807, 2.05) is 18.2 Å². The molecule has 0 radical (unpaired) electrons. The maximum Gasteiger partial charge on any atom is 0.242 e. The van der Waals surface area contributed by atoms with Crippen LogP contribution in [0.25, 0.3) is 0 Å². The van der Waals surface area contributed by atoms with Gasteiger partial charge in [0.15, 0.2) is 0 Å². The monoisotopic (exact) mass is 195 g/mol. The van der Waals surface area contributed by atoms with Gasteiger partial charge < -0.3 is 9.47 Å². The second-order valence-electron chi connectivity index (χ2n) is 2.93. The molecule has 0 aliphatic carbocycles. The minimum absolute atomic E-state index is 0.358. The number of hydrogen-bond acceptors (Lipinski definition) is 2. The first-order chi connectivity index (χ1) is 6.67. The molecular formula is C10H15N2O2+. The molecule has 0 aromatic heterocycles. The first-order valence-electron chi connectivity index (χ1n) is 4.25. The SMILES string of the molecule is COc1ccc(OC)c(CC(N)=[NH2+])c1. The first kappa shape index (κ1) is 10.4. The Hall–Kier alpha value is -1.71. The second-order valence-corrected chi connectivity index (χ2v) is 2.93. The van der Waals surface area contributed by atoms with E-state index in [0.717, 1.165) is 17.1 Å². The Balaban J connectivity index is 3.01. The number of hydrogen-bond donors (Lipinski definition) is 2. The molecular weight excluding hydrogens is 180 g/mol. The van der Waals surface area contributed by atoms with Crippen LogP contribution >= 0.6 is 0 Å². The van der Waals surface area contributed by atoms with Gasteiger partial charge in [-0.05, 0) is 18.2 Å². The maximum atomic E-state index is 5.44. The second kappa shape index (κ2) is 4.50. The summed E-state index contributed by atoms with van der Waals surface area (Å²) in [4.78, 5) is 0. The summed E-state index contributed by atoms with van der Waals surface area (Å²) in [5, 5.41) is 5.44. The van der Waals surface area contributed by atoms with E-state index >= 15 is 0 Å². The summed E-state index contributed by atoms with van der Waals surface area (Å²) in [6.07, 6.45) is 0.486. The van der Waals surface area contributed by atoms with Crippen molar-refractivity contribution in [1.29, 1.82) is 0 Å². The van der Waals surface area contributed by atoms with Crippen molar-refractivity contribution in [2.24, 2.45) is 5.73 Å². The highest BCUT2D eigenvalue weighted by atomic mass is 16.5. The van der Waals surface area contributed by atoms with Gasteiger partial charge in [-0.1, -0.05) is 0 Å². The van der Waals surface area contributed by atoms with Gasteiger partial charge in [0.05, 0.1) is 20.6 Å². The van der Waals surface area contributed by atoms with E-state index in [4.69, 9.17) is 20.6 Å². The van der Waals surface area contributed by atoms with Crippen LogP contribution in [0.15, 0.2) is 18.2 Å². The molecule has 0 amide bonds. The molecule has 76 valence electrons. The summed E-state index contributed by atoms with van der Waals surface area (Å²) in [7, 11) is 3.22. The Morgan fingerprint density at radius 2 is 2.07 bits per heavy atom. The topological polar surface area (TPSA) is 70.1 Å². The highest BCUT2D eigenvalue weighted by Crippen LogP contribution is 2.23. The van der Waals surface area contributed by atoms with Crippen LogP contribution in [-0.2, 0) is 6.42 Å². The lowest BCUT2D eigenvalue weighted by Crippen LogP contribution is -2.46. The molecule has 1 aromatic carbocycles. The van der Waals surface area contributed by atoms with E-state index < -0.39 is 0 Å². The molecule has 14 heavy (non-hydrogen) atoms. The molecule has 1 rings (SSSR count). The van der Waals surface area contributed by atoms with Crippen molar-refractivity contribution >= 4 is 5.84 Å². The van der Waals surface area contributed by atoms with E-state index in [-0.39, 0.29) is 0 Å². The van der Waals surface area contributed by atoms with Crippen LogP contribution in [0, 0.1) is 0 Å². The lowest BCUT2D eigenvalue weighted by molar-refractivity contribution is -0.117. The van der Waals surface area contributed by atoms with Gasteiger partial charge in [-0.2, -0.15) is 0 Å². The summed E-state index contributed by atoms with van der Waals surface area (Å²) in [5.41, 5.74) is 6.36. The van der Waals surface area contributed by atoms with Gasteiger partial charge in [0, 0.05) is 5.56 Å². The third-order valence-electron chi connectivity index (χ3n) is 1.88. The Kier molecular flexibility index (Phi) is 3.34. The van der Waals surface area contributed by atoms with Gasteiger partial charge in [0.2, 0.25) is 5.84 Å². The number of ether oxygens (including phenoxy) is 2. The molecule has 0 fully saturated rings. The Morgan fingerprint density at radius 1 is 1.36 bits per heavy atom. The largest absolute Gasteiger partial charge is 0.497 e. The van der Waals surface area contributed by atoms with E-state index in [2.05, 4.69) is 0 Å². The van der Waals surface area contributed by atoms with Crippen molar-refractivity contribution in [3.05, 3.63) is 23.8 Å². The van der Waals surface area contributed by atoms with Crippen LogP contribution in [0.2, 0.25) is 0 Å². The molecule has 0 heterocycles. The standard InChI is InChI=1S/C10H14N2O2/c1-13-8-3-4-9(14-2)7(5-8)6-10(11)12/h3-5H,6H2,1-2H3,(H3,11,12)/p+1. The Bertz CT molecular complexity index is 337. The summed E-state index contributed by atoms with van der Waals surface area (Å²) in [6, 6.07) is 5.52. The van der Waals surface area contributed by atoms with Gasteiger partial charge in [0.25, 0.3) is 0 Å². The molecule has 4 N–H and O–H groups in total. The summed E-state index contributed by atoms with van der Waals surface area (Å²) in [6.45, 7) is 0. The molecule has 0 aliphatic heterocycles. The van der Waals surface area contributed by atoms with Crippen LogP contribution < -0.4 is 20.6 Å². The predicted molar refractivity (Wildman–Crippen MR) is 54.4 cm³/mol. The quantitative estimate of drug-likeness (QED) is 0.496. The van der Waals surface area contributed by atoms with Gasteiger partial charge in [-0.15, -0.1) is 0 Å². The van der Waals surface area contributed by atoms with Gasteiger partial charge in [-0.3, -0.25) is 11.1 Å². The maximum absolute atomic E-state index is 5.44. The summed E-state index contributed by atoms with van der Waals surface area (Å²) in [5.74, 6) is 1.89. The fourth-order valence-electron chi connectivity index (χ4n) is 1.24. The molecule has 1 aromatic rings. The highest BCUT2D eigenvalue weighted by molar-refractivity contribution is 5.77. The van der Waals surface area contributed by atoms with E-state index in [9.17, 15) is 0 Å². The molecule has 4 nitrogen and oxygen atoms in total. The van der Waals surface area contributed by atoms with Crippen molar-refractivity contribution in [2.45, 2.75) is 6.42 Å². The number of methoxy groups -OCH3 is 2. The van der Waals surface area contributed by atoms with Gasteiger partial charge in [-0.25, -0.2) is 0 Å². The Labute approximate surface area is 83.1 Å². The summed E-state index contributed by atoms with van der Waals surface area (Å²) < 4.78 is 10.3. The average molecular weight is 195 g/mol. The lowest BCUT2D eigenvalue weighted by Gasteiger charge is -2.08. The van der Waals surface area contributed by atoms with Crippen molar-refractivity contribution in [3.63, 3.8) is 0 Å². The molecule has 0 unspecified atom stereocenters. The lowest BCUT2D eigenvalue weighted by atomic mass is 10.1. The molecule has 0 spiro atoms. The fourth-order valence-corrected chi connectivity index (χ4v) is 1.24. The third-order valence-corrected chi connectivity index (χ3v) is 1.88. The molecule has 0 aliphatic rings. The highest BCUT2D eigenvalue weighted by Gasteiger charge is 2.08. The number of nitrogens with two attached hydrogens (primary N) is 2. The van der Waals surface area contributed by atoms with Crippen LogP contribution in [0.4, 0.5) is 0 Å². The minimum atomic E-state index is 0.358. The number of amidine groups is 1. The molecule has 4 heteroatoms. The van der Waals surface area contributed by atoms with E-state index in [0.29, 0.717) is 12.3 Å². The zero-order valence-corrected chi connectivity index (χ0v) is 8.41. The molecule has 0 atom stereocenters. The average Bonchev–Trinajstić information content (AvgIpc) is 2.16. The van der Waals surface area contributed by atoms with E-state index in [1.54, 1.807) is 14.2 Å². The van der Waals surface area contributed by atoms with Crippen LogP contribution in [0.3, 0.4) is 0 Å². The van der Waals surface area contributed by atoms with Crippen molar-refractivity contribution in [2.75, 3.05) is 14.2 Å². The smallest absolute Gasteiger partial charge is 0.242 e. The summed E-state index contributed by atoms with van der Waals surface area (Å²) >= 11 is 0. The zero-order valence-electron chi connectivity index (χ0n) is 8.41. The first-order valence-corrected chi connectivity index (χ1v) is 4.25. The third kappa shape index (κ3) is 2.39. The predicted octanol–water partition coefficient (Wildman–Crippen LogP) is -0.637. The normalized spacial score (nSPS) is 9.57. The van der Waals surface area contributed by atoms with Gasteiger partial charge in [0.1, 0.15) is 11.5 Å². The Morgan fingerprint density at radius 3 is 2.57 bits per heavy atom. The van der Waals surface area contributed by atoms with Crippen LogP contribution in [-0.4, -0.2) is 20.1 Å². The minimum Gasteiger partial charge on any atom is -0.497 e. The van der Waals surface area contributed by atoms with Crippen molar-refractivity contribution in [1.82, 2.24) is 0 Å². The van der Waals surface area contributed by atoms with Crippen molar-refractivity contribution < 1.29 is 14.9 Å². The number of benzene rings is 1. The number of rotatable bonds is 4. The van der Waals surface area contributed by atoms with Gasteiger partial charge >= 0.3 is 0 Å².